The summed E-state index contributed by atoms with van der Waals surface area (Å²) < 4.78 is 26.7. The van der Waals surface area contributed by atoms with E-state index >= 15 is 0 Å². The maximum absolute atomic E-state index is 12.6. The molecule has 2 aromatic carbocycles. The fraction of sp³-hybridized carbons (Fsp3) is 0.350. The van der Waals surface area contributed by atoms with E-state index in [9.17, 15) is 13.2 Å². The first-order valence-electron chi connectivity index (χ1n) is 9.25. The summed E-state index contributed by atoms with van der Waals surface area (Å²) in [6.45, 7) is 4.27. The molecule has 8 heteroatoms. The molecule has 0 radical (unpaired) electrons. The molecule has 1 saturated heterocycles. The van der Waals surface area contributed by atoms with Crippen molar-refractivity contribution in [3.63, 3.8) is 0 Å². The van der Waals surface area contributed by atoms with Crippen molar-refractivity contribution in [1.29, 1.82) is 0 Å². The molecule has 0 spiro atoms. The maximum atomic E-state index is 12.6. The van der Waals surface area contributed by atoms with Gasteiger partial charge in [-0.05, 0) is 30.2 Å². The van der Waals surface area contributed by atoms with Crippen LogP contribution in [0, 0.1) is 6.92 Å². The quantitative estimate of drug-likeness (QED) is 0.737. The summed E-state index contributed by atoms with van der Waals surface area (Å²) in [4.78, 5) is 13.4. The molecule has 150 valence electrons. The second kappa shape index (κ2) is 9.05. The molecule has 1 amide bonds. The summed E-state index contributed by atoms with van der Waals surface area (Å²) in [5, 5.41) is 3.47. The van der Waals surface area contributed by atoms with Gasteiger partial charge in [0, 0.05) is 10.7 Å². The van der Waals surface area contributed by atoms with Crippen molar-refractivity contribution in [2.45, 2.75) is 12.7 Å². The van der Waals surface area contributed by atoms with Crippen molar-refractivity contribution in [1.82, 2.24) is 4.31 Å². The first-order valence-corrected chi connectivity index (χ1v) is 11.2. The lowest BCUT2D eigenvalue weighted by Gasteiger charge is -2.31. The van der Waals surface area contributed by atoms with E-state index in [0.29, 0.717) is 43.4 Å². The number of benzene rings is 2. The topological polar surface area (TPSA) is 70.9 Å². The molecule has 0 aromatic heterocycles. The predicted octanol–water partition coefficient (Wildman–Crippen LogP) is 1.32. The van der Waals surface area contributed by atoms with Crippen LogP contribution < -0.4 is 10.2 Å². The molecule has 2 N–H and O–H groups in total. The number of nitrogens with zero attached hydrogens (tertiary/aromatic N) is 1. The van der Waals surface area contributed by atoms with Gasteiger partial charge < -0.3 is 10.2 Å². The highest BCUT2D eigenvalue weighted by atomic mass is 35.5. The van der Waals surface area contributed by atoms with Crippen LogP contribution in [0.2, 0.25) is 5.02 Å². The first kappa shape index (κ1) is 20.8. The Morgan fingerprint density at radius 3 is 2.46 bits per heavy atom. The number of anilines is 1. The van der Waals surface area contributed by atoms with Gasteiger partial charge in [-0.1, -0.05) is 48.0 Å². The number of hydrogen-bond acceptors (Lipinski definition) is 3. The summed E-state index contributed by atoms with van der Waals surface area (Å²) in [5.74, 6) is -0.0896. The lowest BCUT2D eigenvalue weighted by Crippen LogP contribution is -3.15. The molecule has 0 saturated carbocycles. The Hall–Kier alpha value is -1.93. The zero-order chi connectivity index (χ0) is 20.1. The normalized spacial score (nSPS) is 16.1. The molecule has 1 aliphatic rings. The van der Waals surface area contributed by atoms with Gasteiger partial charge in [-0.2, -0.15) is 4.31 Å². The molecule has 0 atom stereocenters. The van der Waals surface area contributed by atoms with Crippen molar-refractivity contribution in [2.75, 3.05) is 38.0 Å². The lowest BCUT2D eigenvalue weighted by molar-refractivity contribution is -0.895. The van der Waals surface area contributed by atoms with Gasteiger partial charge in [0.25, 0.3) is 5.91 Å². The Labute approximate surface area is 171 Å². The van der Waals surface area contributed by atoms with E-state index in [-0.39, 0.29) is 11.7 Å². The number of hydrogen-bond donors (Lipinski definition) is 2. The number of carbonyl (C=O) groups excluding carboxylic acids is 1. The van der Waals surface area contributed by atoms with Crippen LogP contribution in [-0.4, -0.2) is 51.4 Å². The van der Waals surface area contributed by atoms with Crippen LogP contribution in [0.1, 0.15) is 11.1 Å². The SMILES string of the molecule is Cc1ccc(NC(=O)C[NH+]2CCN(S(=O)(=O)Cc3ccccc3)CC2)cc1Cl. The summed E-state index contributed by atoms with van der Waals surface area (Å²) in [7, 11) is -3.34. The molecule has 1 heterocycles. The standard InChI is InChI=1S/C20H24ClN3O3S/c1-16-7-8-18(13-19(16)21)22-20(25)14-23-9-11-24(12-10-23)28(26,27)15-17-5-3-2-4-6-17/h2-8,13H,9-12,14-15H2,1H3,(H,22,25)/p+1. The molecular weight excluding hydrogens is 398 g/mol. The highest BCUT2D eigenvalue weighted by Crippen LogP contribution is 2.19. The largest absolute Gasteiger partial charge is 0.325 e. The second-order valence-corrected chi connectivity index (χ2v) is 9.46. The van der Waals surface area contributed by atoms with E-state index in [2.05, 4.69) is 5.32 Å². The monoisotopic (exact) mass is 422 g/mol. The van der Waals surface area contributed by atoms with Crippen LogP contribution in [0.3, 0.4) is 0 Å². The van der Waals surface area contributed by atoms with Gasteiger partial charge in [-0.15, -0.1) is 0 Å². The fourth-order valence-electron chi connectivity index (χ4n) is 3.24. The average molecular weight is 423 g/mol. The first-order chi connectivity index (χ1) is 13.3. The Bertz CT molecular complexity index is 927. The van der Waals surface area contributed by atoms with Crippen LogP contribution in [-0.2, 0) is 20.6 Å². The Morgan fingerprint density at radius 1 is 1.14 bits per heavy atom. The number of amides is 1. The minimum absolute atomic E-state index is 0.0117. The Morgan fingerprint density at radius 2 is 1.82 bits per heavy atom. The number of quaternary nitrogens is 1. The molecular formula is C20H25ClN3O3S+. The van der Waals surface area contributed by atoms with Gasteiger partial charge in [0.1, 0.15) is 0 Å². The van der Waals surface area contributed by atoms with E-state index in [4.69, 9.17) is 11.6 Å². The summed E-state index contributed by atoms with van der Waals surface area (Å²) >= 11 is 6.09. The van der Waals surface area contributed by atoms with Gasteiger partial charge in [0.15, 0.2) is 6.54 Å². The van der Waals surface area contributed by atoms with E-state index in [1.54, 1.807) is 6.07 Å². The summed E-state index contributed by atoms with van der Waals surface area (Å²) in [6.07, 6.45) is 0. The van der Waals surface area contributed by atoms with Crippen LogP contribution in [0.4, 0.5) is 5.69 Å². The highest BCUT2D eigenvalue weighted by molar-refractivity contribution is 7.88. The lowest BCUT2D eigenvalue weighted by atomic mass is 10.2. The molecule has 0 bridgehead atoms. The summed E-state index contributed by atoms with van der Waals surface area (Å²) in [6, 6.07) is 14.6. The van der Waals surface area contributed by atoms with Crippen LogP contribution >= 0.6 is 11.6 Å². The number of piperazine rings is 1. The molecule has 1 fully saturated rings. The number of sulfonamides is 1. The van der Waals surface area contributed by atoms with Crippen LogP contribution in [0.15, 0.2) is 48.5 Å². The molecule has 0 aliphatic carbocycles. The van der Waals surface area contributed by atoms with E-state index in [1.165, 1.54) is 4.31 Å². The number of carbonyl (C=O) groups is 1. The minimum Gasteiger partial charge on any atom is -0.325 e. The molecule has 2 aromatic rings. The Balaban J connectivity index is 1.49. The molecule has 6 nitrogen and oxygen atoms in total. The van der Waals surface area contributed by atoms with Gasteiger partial charge in [-0.3, -0.25) is 4.79 Å². The summed E-state index contributed by atoms with van der Waals surface area (Å²) in [5.41, 5.74) is 2.41. The van der Waals surface area contributed by atoms with Crippen molar-refractivity contribution < 1.29 is 18.1 Å². The van der Waals surface area contributed by atoms with Gasteiger partial charge in [0.05, 0.1) is 31.9 Å². The number of halogens is 1. The van der Waals surface area contributed by atoms with E-state index in [0.717, 1.165) is 16.0 Å². The maximum Gasteiger partial charge on any atom is 0.279 e. The van der Waals surface area contributed by atoms with Crippen molar-refractivity contribution >= 4 is 33.2 Å². The third kappa shape index (κ3) is 5.54. The predicted molar refractivity (Wildman–Crippen MR) is 111 cm³/mol. The third-order valence-corrected chi connectivity index (χ3v) is 7.14. The van der Waals surface area contributed by atoms with Crippen LogP contribution in [0.25, 0.3) is 0 Å². The zero-order valence-electron chi connectivity index (χ0n) is 15.8. The van der Waals surface area contributed by atoms with Gasteiger partial charge in [-0.25, -0.2) is 8.42 Å². The fourth-order valence-corrected chi connectivity index (χ4v) is 4.95. The van der Waals surface area contributed by atoms with Crippen molar-refractivity contribution in [2.24, 2.45) is 0 Å². The number of nitrogens with one attached hydrogen (secondary N) is 2. The molecule has 3 rings (SSSR count). The molecule has 0 unspecified atom stereocenters. The molecule has 1 aliphatic heterocycles. The van der Waals surface area contributed by atoms with Crippen molar-refractivity contribution in [3.05, 3.63) is 64.7 Å². The number of aryl methyl sites for hydroxylation is 1. The van der Waals surface area contributed by atoms with Gasteiger partial charge >= 0.3 is 0 Å². The van der Waals surface area contributed by atoms with E-state index in [1.807, 2.05) is 49.4 Å². The van der Waals surface area contributed by atoms with Crippen molar-refractivity contribution in [3.8, 4) is 0 Å². The van der Waals surface area contributed by atoms with E-state index < -0.39 is 10.0 Å². The minimum atomic E-state index is -3.34. The third-order valence-electron chi connectivity index (χ3n) is 4.88. The smallest absolute Gasteiger partial charge is 0.279 e. The Kier molecular flexibility index (Phi) is 6.72. The van der Waals surface area contributed by atoms with Gasteiger partial charge in [0.2, 0.25) is 10.0 Å². The average Bonchev–Trinajstić information content (AvgIpc) is 2.65. The highest BCUT2D eigenvalue weighted by Gasteiger charge is 2.30. The molecule has 28 heavy (non-hydrogen) atoms. The van der Waals surface area contributed by atoms with Crippen LogP contribution in [0.5, 0.6) is 0 Å². The second-order valence-electron chi connectivity index (χ2n) is 7.08. The zero-order valence-corrected chi connectivity index (χ0v) is 17.4. The number of rotatable bonds is 6.